The highest BCUT2D eigenvalue weighted by Crippen LogP contribution is 2.34. The second kappa shape index (κ2) is 7.33. The Morgan fingerprint density at radius 2 is 2.12 bits per heavy atom. The lowest BCUT2D eigenvalue weighted by molar-refractivity contribution is -0.151. The molecule has 0 bridgehead atoms. The highest BCUT2D eigenvalue weighted by molar-refractivity contribution is 7.10. The van der Waals surface area contributed by atoms with Crippen molar-refractivity contribution in [3.05, 3.63) is 58.4 Å². The molecule has 1 aliphatic heterocycles. The number of thiophene rings is 1. The normalized spacial score (nSPS) is 16.9. The Morgan fingerprint density at radius 3 is 2.96 bits per heavy atom. The molecular weight excluding hydrogens is 348 g/mol. The lowest BCUT2D eigenvalue weighted by atomic mass is 10.1. The predicted octanol–water partition coefficient (Wildman–Crippen LogP) is 3.68. The topological polar surface area (TPSA) is 62.4 Å². The number of carbonyl (C=O) groups excluding carboxylic acids is 2. The van der Waals surface area contributed by atoms with Gasteiger partial charge in [0.1, 0.15) is 0 Å². The SMILES string of the molecule is O=C(Cc1c[nH]c2ccccc12)OCC(=O)N1CCCC1c1cccs1. The smallest absolute Gasteiger partial charge is 0.310 e. The lowest BCUT2D eigenvalue weighted by Gasteiger charge is -2.23. The van der Waals surface area contributed by atoms with Gasteiger partial charge < -0.3 is 14.6 Å². The van der Waals surface area contributed by atoms with Crippen LogP contribution in [0.4, 0.5) is 0 Å². The number of nitrogens with one attached hydrogen (secondary N) is 1. The molecule has 1 saturated heterocycles. The van der Waals surface area contributed by atoms with E-state index in [1.54, 1.807) is 11.3 Å². The van der Waals surface area contributed by atoms with Gasteiger partial charge in [0.05, 0.1) is 12.5 Å². The molecule has 6 heteroatoms. The number of amides is 1. The summed E-state index contributed by atoms with van der Waals surface area (Å²) in [6.45, 7) is 0.532. The summed E-state index contributed by atoms with van der Waals surface area (Å²) in [5.41, 5.74) is 1.87. The molecule has 3 heterocycles. The van der Waals surface area contributed by atoms with Gasteiger partial charge in [0.25, 0.3) is 5.91 Å². The number of carbonyl (C=O) groups is 2. The van der Waals surface area contributed by atoms with Crippen LogP contribution in [0.2, 0.25) is 0 Å². The molecule has 1 unspecified atom stereocenters. The molecule has 1 aliphatic rings. The number of esters is 1. The average molecular weight is 368 g/mol. The predicted molar refractivity (Wildman–Crippen MR) is 101 cm³/mol. The molecule has 2 aromatic heterocycles. The maximum Gasteiger partial charge on any atom is 0.310 e. The third-order valence-electron chi connectivity index (χ3n) is 4.81. The summed E-state index contributed by atoms with van der Waals surface area (Å²) in [7, 11) is 0. The lowest BCUT2D eigenvalue weighted by Crippen LogP contribution is -2.34. The van der Waals surface area contributed by atoms with Gasteiger partial charge in [-0.1, -0.05) is 24.3 Å². The van der Waals surface area contributed by atoms with Crippen molar-refractivity contribution in [3.8, 4) is 0 Å². The molecular formula is C20H20N2O3S. The highest BCUT2D eigenvalue weighted by Gasteiger charge is 2.30. The van der Waals surface area contributed by atoms with E-state index in [-0.39, 0.29) is 30.9 Å². The van der Waals surface area contributed by atoms with Crippen molar-refractivity contribution in [2.45, 2.75) is 25.3 Å². The van der Waals surface area contributed by atoms with Crippen molar-refractivity contribution in [3.63, 3.8) is 0 Å². The number of aromatic amines is 1. The number of fused-ring (bicyclic) bond motifs is 1. The van der Waals surface area contributed by atoms with Gasteiger partial charge in [-0.2, -0.15) is 0 Å². The standard InChI is InChI=1S/C20H20N2O3S/c23-19(22-9-3-7-17(22)18-8-4-10-26-18)13-25-20(24)11-14-12-21-16-6-2-1-5-15(14)16/h1-2,4-6,8,10,12,17,21H,3,7,9,11,13H2. The van der Waals surface area contributed by atoms with Crippen LogP contribution in [0.5, 0.6) is 0 Å². The number of para-hydroxylation sites is 1. The number of rotatable bonds is 5. The van der Waals surface area contributed by atoms with Crippen LogP contribution in [0, 0.1) is 0 Å². The summed E-state index contributed by atoms with van der Waals surface area (Å²) in [5, 5.41) is 3.03. The number of nitrogens with zero attached hydrogens (tertiary/aromatic N) is 1. The molecule has 0 saturated carbocycles. The van der Waals surface area contributed by atoms with Gasteiger partial charge in [-0.15, -0.1) is 11.3 Å². The summed E-state index contributed by atoms with van der Waals surface area (Å²) in [6.07, 6.45) is 3.93. The summed E-state index contributed by atoms with van der Waals surface area (Å²) in [4.78, 5) is 30.9. The average Bonchev–Trinajstić information content (AvgIpc) is 3.39. The van der Waals surface area contributed by atoms with Crippen LogP contribution in [0.25, 0.3) is 10.9 Å². The van der Waals surface area contributed by atoms with Crippen LogP contribution >= 0.6 is 11.3 Å². The minimum Gasteiger partial charge on any atom is -0.455 e. The van der Waals surface area contributed by atoms with Crippen LogP contribution in [-0.2, 0) is 20.7 Å². The highest BCUT2D eigenvalue weighted by atomic mass is 32.1. The maximum atomic E-state index is 12.5. The van der Waals surface area contributed by atoms with E-state index in [9.17, 15) is 9.59 Å². The van der Waals surface area contributed by atoms with Gasteiger partial charge >= 0.3 is 5.97 Å². The van der Waals surface area contributed by atoms with Gasteiger partial charge in [-0.3, -0.25) is 9.59 Å². The first kappa shape index (κ1) is 16.8. The number of ether oxygens (including phenoxy) is 1. The van der Waals surface area contributed by atoms with E-state index in [0.717, 1.165) is 35.9 Å². The Labute approximate surface area is 155 Å². The van der Waals surface area contributed by atoms with Gasteiger partial charge in [0, 0.05) is 28.5 Å². The summed E-state index contributed by atoms with van der Waals surface area (Å²) in [5.74, 6) is -0.497. The molecule has 1 amide bonds. The molecule has 1 fully saturated rings. The van der Waals surface area contributed by atoms with E-state index in [4.69, 9.17) is 4.74 Å². The second-order valence-corrected chi connectivity index (χ2v) is 7.44. The third-order valence-corrected chi connectivity index (χ3v) is 5.78. The van der Waals surface area contributed by atoms with E-state index in [2.05, 4.69) is 11.1 Å². The van der Waals surface area contributed by atoms with E-state index < -0.39 is 0 Å². The molecule has 134 valence electrons. The molecule has 4 rings (SSSR count). The molecule has 1 atom stereocenters. The summed E-state index contributed by atoms with van der Waals surface area (Å²) < 4.78 is 5.26. The maximum absolute atomic E-state index is 12.5. The number of benzene rings is 1. The zero-order valence-electron chi connectivity index (χ0n) is 14.3. The first-order valence-electron chi connectivity index (χ1n) is 8.76. The summed E-state index contributed by atoms with van der Waals surface area (Å²) in [6, 6.07) is 12.0. The first-order chi connectivity index (χ1) is 12.7. The van der Waals surface area contributed by atoms with Crippen molar-refractivity contribution in [2.75, 3.05) is 13.2 Å². The Bertz CT molecular complexity index is 916. The fraction of sp³-hybridized carbons (Fsp3) is 0.300. The number of aromatic nitrogens is 1. The molecule has 5 nitrogen and oxygen atoms in total. The van der Waals surface area contributed by atoms with Crippen molar-refractivity contribution in [1.29, 1.82) is 0 Å². The number of hydrogen-bond donors (Lipinski definition) is 1. The van der Waals surface area contributed by atoms with E-state index in [1.807, 2.05) is 46.8 Å². The monoisotopic (exact) mass is 368 g/mol. The van der Waals surface area contributed by atoms with E-state index in [0.29, 0.717) is 0 Å². The van der Waals surface area contributed by atoms with Crippen molar-refractivity contribution in [2.24, 2.45) is 0 Å². The second-order valence-electron chi connectivity index (χ2n) is 6.46. The number of H-pyrrole nitrogens is 1. The van der Waals surface area contributed by atoms with Crippen molar-refractivity contribution >= 4 is 34.1 Å². The minimum atomic E-state index is -0.380. The zero-order chi connectivity index (χ0) is 17.9. The minimum absolute atomic E-state index is 0.117. The van der Waals surface area contributed by atoms with Gasteiger partial charge in [-0.25, -0.2) is 0 Å². The van der Waals surface area contributed by atoms with Crippen molar-refractivity contribution < 1.29 is 14.3 Å². The quantitative estimate of drug-likeness (QED) is 0.699. The van der Waals surface area contributed by atoms with E-state index in [1.165, 1.54) is 4.88 Å². The molecule has 0 aliphatic carbocycles. The molecule has 0 spiro atoms. The Balaban J connectivity index is 1.34. The zero-order valence-corrected chi connectivity index (χ0v) is 15.1. The molecule has 0 radical (unpaired) electrons. The number of hydrogen-bond acceptors (Lipinski definition) is 4. The van der Waals surface area contributed by atoms with Crippen LogP contribution < -0.4 is 0 Å². The fourth-order valence-corrected chi connectivity index (χ4v) is 4.43. The Kier molecular flexibility index (Phi) is 4.75. The third kappa shape index (κ3) is 3.37. The number of likely N-dealkylation sites (tertiary alicyclic amines) is 1. The Hall–Kier alpha value is -2.60. The molecule has 1 aromatic carbocycles. The molecule has 26 heavy (non-hydrogen) atoms. The largest absolute Gasteiger partial charge is 0.455 e. The van der Waals surface area contributed by atoms with Crippen molar-refractivity contribution in [1.82, 2.24) is 9.88 Å². The fourth-order valence-electron chi connectivity index (χ4n) is 3.55. The van der Waals surface area contributed by atoms with Gasteiger partial charge in [0.15, 0.2) is 6.61 Å². The van der Waals surface area contributed by atoms with E-state index >= 15 is 0 Å². The van der Waals surface area contributed by atoms with Crippen LogP contribution in [0.1, 0.15) is 29.3 Å². The van der Waals surface area contributed by atoms with Gasteiger partial charge in [-0.05, 0) is 35.9 Å². The van der Waals surface area contributed by atoms with Gasteiger partial charge in [0.2, 0.25) is 0 Å². The van der Waals surface area contributed by atoms with Crippen LogP contribution in [0.15, 0.2) is 48.0 Å². The Morgan fingerprint density at radius 1 is 1.23 bits per heavy atom. The van der Waals surface area contributed by atoms with Crippen LogP contribution in [-0.4, -0.2) is 34.9 Å². The molecule has 1 N–H and O–H groups in total. The van der Waals surface area contributed by atoms with Crippen LogP contribution in [0.3, 0.4) is 0 Å². The summed E-state index contributed by atoms with van der Waals surface area (Å²) >= 11 is 1.66. The molecule has 3 aromatic rings. The first-order valence-corrected chi connectivity index (χ1v) is 9.64.